The summed E-state index contributed by atoms with van der Waals surface area (Å²) < 4.78 is 0. The minimum absolute atomic E-state index is 0.124. The highest BCUT2D eigenvalue weighted by Crippen LogP contribution is 2.59. The second-order valence-corrected chi connectivity index (χ2v) is 7.27. The molecule has 0 spiro atoms. The van der Waals surface area contributed by atoms with Crippen molar-refractivity contribution in [1.29, 1.82) is 0 Å². The summed E-state index contributed by atoms with van der Waals surface area (Å²) >= 11 is 8.24. The second kappa shape index (κ2) is 4.74. The van der Waals surface area contributed by atoms with Crippen LogP contribution in [-0.2, 0) is 0 Å². The molecule has 1 fully saturated rings. The first kappa shape index (κ1) is 13.2. The number of hydrogen-bond acceptors (Lipinski definition) is 4. The molecular weight excluding hydrogens is 310 g/mol. The number of aromatic amines is 1. The van der Waals surface area contributed by atoms with Crippen molar-refractivity contribution < 1.29 is 4.92 Å². The van der Waals surface area contributed by atoms with Gasteiger partial charge in [0, 0.05) is 45.2 Å². The lowest BCUT2D eigenvalue weighted by Crippen LogP contribution is -2.11. The molecule has 0 amide bonds. The van der Waals surface area contributed by atoms with Crippen LogP contribution in [0.15, 0.2) is 35.4 Å². The normalized spacial score (nSPS) is 29.6. The van der Waals surface area contributed by atoms with E-state index >= 15 is 0 Å². The van der Waals surface area contributed by atoms with E-state index in [0.717, 1.165) is 11.3 Å². The molecule has 0 saturated heterocycles. The van der Waals surface area contributed by atoms with Gasteiger partial charge in [-0.15, -0.1) is 23.4 Å². The van der Waals surface area contributed by atoms with Gasteiger partial charge in [-0.25, -0.2) is 0 Å². The highest BCUT2D eigenvalue weighted by Gasteiger charge is 2.52. The largest absolute Gasteiger partial charge is 0.282 e. The number of benzene rings is 1. The molecule has 1 saturated carbocycles. The fraction of sp³-hybridized carbons (Fsp3) is 0.357. The maximum Gasteiger partial charge on any atom is 0.269 e. The summed E-state index contributed by atoms with van der Waals surface area (Å²) in [6.45, 7) is 0. The summed E-state index contributed by atoms with van der Waals surface area (Å²) in [5, 5.41) is 18.5. The molecule has 1 unspecified atom stereocenters. The number of nitro benzene ring substituents is 1. The molecule has 7 heteroatoms. The molecule has 1 heterocycles. The third-order valence-corrected chi connectivity index (χ3v) is 6.26. The summed E-state index contributed by atoms with van der Waals surface area (Å²) in [5.41, 5.74) is 2.58. The van der Waals surface area contributed by atoms with Gasteiger partial charge in [-0.2, -0.15) is 5.10 Å². The Balaban J connectivity index is 1.59. The quantitative estimate of drug-likeness (QED) is 0.532. The first-order chi connectivity index (χ1) is 10.1. The molecule has 1 N–H and O–H groups in total. The third kappa shape index (κ3) is 1.97. The van der Waals surface area contributed by atoms with Gasteiger partial charge < -0.3 is 0 Å². The number of H-pyrrole nitrogens is 1. The Hall–Kier alpha value is -1.53. The van der Waals surface area contributed by atoms with Crippen molar-refractivity contribution in [2.24, 2.45) is 0 Å². The van der Waals surface area contributed by atoms with Crippen molar-refractivity contribution in [3.63, 3.8) is 0 Å². The minimum Gasteiger partial charge on any atom is -0.282 e. The standard InChI is InChI=1S/C14H12ClN3O2S/c15-11-5-9-13-10(6-16-17-13)12(11)14(9)21-8-3-1-7(2-4-8)18(19)20/h1-4,6,9,11-12,14H,5H2,(H,16,17)/t9-,11+,12-,14?/m0/s1. The van der Waals surface area contributed by atoms with Gasteiger partial charge in [-0.05, 0) is 24.1 Å². The number of rotatable bonds is 3. The number of aromatic nitrogens is 2. The Bertz CT molecular complexity index is 702. The van der Waals surface area contributed by atoms with Crippen molar-refractivity contribution in [3.8, 4) is 0 Å². The highest BCUT2D eigenvalue weighted by atomic mass is 35.5. The summed E-state index contributed by atoms with van der Waals surface area (Å²) in [4.78, 5) is 11.4. The monoisotopic (exact) mass is 321 g/mol. The maximum atomic E-state index is 10.7. The molecule has 108 valence electrons. The number of alkyl halides is 1. The van der Waals surface area contributed by atoms with Crippen molar-refractivity contribution in [1.82, 2.24) is 10.2 Å². The Morgan fingerprint density at radius 1 is 1.38 bits per heavy atom. The summed E-state index contributed by atoms with van der Waals surface area (Å²) in [7, 11) is 0. The molecule has 2 aromatic rings. The van der Waals surface area contributed by atoms with Crippen molar-refractivity contribution in [2.75, 3.05) is 0 Å². The molecule has 0 radical (unpaired) electrons. The zero-order valence-corrected chi connectivity index (χ0v) is 12.5. The van der Waals surface area contributed by atoms with Gasteiger partial charge in [0.2, 0.25) is 0 Å². The molecule has 4 rings (SSSR count). The van der Waals surface area contributed by atoms with E-state index in [4.69, 9.17) is 11.6 Å². The van der Waals surface area contributed by atoms with Crippen molar-refractivity contribution in [2.45, 2.75) is 33.8 Å². The van der Waals surface area contributed by atoms with E-state index < -0.39 is 0 Å². The number of fused-ring (bicyclic) bond motifs is 5. The van der Waals surface area contributed by atoms with Crippen molar-refractivity contribution >= 4 is 29.1 Å². The SMILES string of the molecule is O=[N+]([O-])c1ccc(SC2[C@H]3c4cn[nH]c4[C@@H]2C[C@H]3Cl)cc1. The lowest BCUT2D eigenvalue weighted by molar-refractivity contribution is -0.384. The van der Waals surface area contributed by atoms with Crippen molar-refractivity contribution in [3.05, 3.63) is 51.8 Å². The summed E-state index contributed by atoms with van der Waals surface area (Å²) in [6.07, 6.45) is 2.85. The zero-order chi connectivity index (χ0) is 14.6. The number of non-ortho nitro benzene ring substituents is 1. The Labute approximate surface area is 130 Å². The lowest BCUT2D eigenvalue weighted by atomic mass is 9.98. The van der Waals surface area contributed by atoms with Crippen LogP contribution in [0, 0.1) is 10.1 Å². The van der Waals surface area contributed by atoms with Gasteiger partial charge in [0.25, 0.3) is 5.69 Å². The number of thioether (sulfide) groups is 1. The lowest BCUT2D eigenvalue weighted by Gasteiger charge is -2.16. The van der Waals surface area contributed by atoms with Crippen LogP contribution >= 0.6 is 23.4 Å². The molecule has 4 atom stereocenters. The first-order valence-corrected chi connectivity index (χ1v) is 8.05. The van der Waals surface area contributed by atoms with E-state index in [1.54, 1.807) is 23.9 Å². The van der Waals surface area contributed by atoms with Crippen LogP contribution in [-0.4, -0.2) is 25.7 Å². The maximum absolute atomic E-state index is 10.7. The van der Waals surface area contributed by atoms with Gasteiger partial charge in [0.15, 0.2) is 0 Å². The molecule has 2 aliphatic carbocycles. The smallest absolute Gasteiger partial charge is 0.269 e. The van der Waals surface area contributed by atoms with E-state index in [1.807, 2.05) is 18.3 Å². The molecule has 2 aliphatic rings. The number of nitrogens with one attached hydrogen (secondary N) is 1. The van der Waals surface area contributed by atoms with E-state index in [2.05, 4.69) is 10.2 Å². The van der Waals surface area contributed by atoms with Gasteiger partial charge in [0.1, 0.15) is 0 Å². The molecular formula is C14H12ClN3O2S. The van der Waals surface area contributed by atoms with Crippen LogP contribution in [0.5, 0.6) is 0 Å². The Morgan fingerprint density at radius 3 is 2.86 bits per heavy atom. The van der Waals surface area contributed by atoms with E-state index in [-0.39, 0.29) is 16.0 Å². The number of halogens is 1. The second-order valence-electron chi connectivity index (χ2n) is 5.46. The summed E-state index contributed by atoms with van der Waals surface area (Å²) in [5.74, 6) is 0.709. The minimum atomic E-state index is -0.376. The molecule has 0 aliphatic heterocycles. The zero-order valence-electron chi connectivity index (χ0n) is 10.9. The fourth-order valence-corrected chi connectivity index (χ4v) is 5.53. The highest BCUT2D eigenvalue weighted by molar-refractivity contribution is 8.00. The molecule has 21 heavy (non-hydrogen) atoms. The molecule has 1 aromatic carbocycles. The molecule has 1 aromatic heterocycles. The van der Waals surface area contributed by atoms with Crippen LogP contribution < -0.4 is 0 Å². The van der Waals surface area contributed by atoms with E-state index in [0.29, 0.717) is 17.1 Å². The first-order valence-electron chi connectivity index (χ1n) is 6.73. The van der Waals surface area contributed by atoms with Gasteiger partial charge in [0.05, 0.1) is 11.1 Å². The van der Waals surface area contributed by atoms with E-state index in [9.17, 15) is 10.1 Å². The van der Waals surface area contributed by atoms with Gasteiger partial charge >= 0.3 is 0 Å². The third-order valence-electron chi connectivity index (χ3n) is 4.37. The topological polar surface area (TPSA) is 71.8 Å². The molecule has 5 nitrogen and oxygen atoms in total. The van der Waals surface area contributed by atoms with Crippen LogP contribution in [0.3, 0.4) is 0 Å². The average molecular weight is 322 g/mol. The summed E-state index contributed by atoms with van der Waals surface area (Å²) in [6, 6.07) is 6.74. The van der Waals surface area contributed by atoms with Crippen LogP contribution in [0.2, 0.25) is 0 Å². The van der Waals surface area contributed by atoms with Crippen LogP contribution in [0.4, 0.5) is 5.69 Å². The van der Waals surface area contributed by atoms with Crippen LogP contribution in [0.25, 0.3) is 0 Å². The van der Waals surface area contributed by atoms with Crippen LogP contribution in [0.1, 0.15) is 29.5 Å². The predicted octanol–water partition coefficient (Wildman–Crippen LogP) is 3.67. The number of nitrogens with zero attached hydrogens (tertiary/aromatic N) is 2. The number of hydrogen-bond donors (Lipinski definition) is 1. The van der Waals surface area contributed by atoms with Gasteiger partial charge in [-0.3, -0.25) is 15.2 Å². The Kier molecular flexibility index (Phi) is 2.97. The van der Waals surface area contributed by atoms with Gasteiger partial charge in [-0.1, -0.05) is 0 Å². The molecule has 2 bridgehead atoms. The number of nitro groups is 1. The van der Waals surface area contributed by atoms with E-state index in [1.165, 1.54) is 11.3 Å². The predicted molar refractivity (Wildman–Crippen MR) is 81.1 cm³/mol. The Morgan fingerprint density at radius 2 is 2.14 bits per heavy atom. The average Bonchev–Trinajstić information content (AvgIpc) is 3.10. The fourth-order valence-electron chi connectivity index (χ4n) is 3.46.